The van der Waals surface area contributed by atoms with Crippen LogP contribution in [0.3, 0.4) is 0 Å². The van der Waals surface area contributed by atoms with Crippen LogP contribution in [0.5, 0.6) is 5.75 Å². The van der Waals surface area contributed by atoms with Crippen molar-refractivity contribution in [3.05, 3.63) is 87.1 Å². The average molecular weight is 405 g/mol. The number of methoxy groups -OCH3 is 1. The van der Waals surface area contributed by atoms with Gasteiger partial charge in [0.1, 0.15) is 17.1 Å². The Hall–Kier alpha value is -3.41. The zero-order valence-electron chi connectivity index (χ0n) is 18.0. The highest BCUT2D eigenvalue weighted by molar-refractivity contribution is 6.04. The second-order valence-electron chi connectivity index (χ2n) is 8.27. The summed E-state index contributed by atoms with van der Waals surface area (Å²) >= 11 is 0. The first kappa shape index (κ1) is 21.3. The first-order chi connectivity index (χ1) is 14.2. The quantitative estimate of drug-likeness (QED) is 0.665. The van der Waals surface area contributed by atoms with E-state index in [0.717, 1.165) is 16.9 Å². The average Bonchev–Trinajstić information content (AvgIpc) is 2.68. The number of nitrogens with zero attached hydrogens (tertiary/aromatic N) is 1. The van der Waals surface area contributed by atoms with Gasteiger partial charge in [0.25, 0.3) is 11.5 Å². The smallest absolute Gasteiger partial charge is 0.264 e. The van der Waals surface area contributed by atoms with E-state index in [2.05, 4.69) is 15.3 Å². The highest BCUT2D eigenvalue weighted by atomic mass is 16.5. The second-order valence-corrected chi connectivity index (χ2v) is 8.27. The minimum Gasteiger partial charge on any atom is -0.496 e. The van der Waals surface area contributed by atoms with Crippen molar-refractivity contribution >= 4 is 11.6 Å². The van der Waals surface area contributed by atoms with E-state index in [1.807, 2.05) is 63.2 Å². The lowest BCUT2D eigenvalue weighted by atomic mass is 9.95. The van der Waals surface area contributed by atoms with E-state index >= 15 is 0 Å². The van der Waals surface area contributed by atoms with Gasteiger partial charge >= 0.3 is 0 Å². The molecule has 3 rings (SSSR count). The molecule has 1 aromatic heterocycles. The van der Waals surface area contributed by atoms with Gasteiger partial charge in [-0.15, -0.1) is 0 Å². The number of hydrogen-bond acceptors (Lipinski definition) is 4. The molecular formula is C24H27N3O3. The van der Waals surface area contributed by atoms with Crippen LogP contribution < -0.4 is 15.6 Å². The largest absolute Gasteiger partial charge is 0.496 e. The Morgan fingerprint density at radius 1 is 1.13 bits per heavy atom. The molecule has 0 spiro atoms. The van der Waals surface area contributed by atoms with Gasteiger partial charge in [-0.25, -0.2) is 4.98 Å². The van der Waals surface area contributed by atoms with Crippen molar-refractivity contribution in [1.82, 2.24) is 9.97 Å². The number of benzene rings is 2. The van der Waals surface area contributed by atoms with E-state index < -0.39 is 11.5 Å². The molecule has 0 fully saturated rings. The molecule has 2 N–H and O–H groups in total. The fraction of sp³-hybridized carbons (Fsp3) is 0.292. The summed E-state index contributed by atoms with van der Waals surface area (Å²) in [5, 5.41) is 2.82. The predicted octanol–water partition coefficient (Wildman–Crippen LogP) is 4.23. The normalized spacial score (nSPS) is 11.2. The zero-order chi connectivity index (χ0) is 21.9. The fourth-order valence-corrected chi connectivity index (χ4v) is 3.21. The van der Waals surface area contributed by atoms with Gasteiger partial charge in [0.2, 0.25) is 0 Å². The minimum atomic E-state index is -0.488. The maximum atomic E-state index is 12.8. The van der Waals surface area contributed by atoms with Crippen LogP contribution in [0.1, 0.15) is 53.8 Å². The molecular weight excluding hydrogens is 378 g/mol. The monoisotopic (exact) mass is 405 g/mol. The summed E-state index contributed by atoms with van der Waals surface area (Å²) < 4.78 is 5.47. The number of aromatic amines is 1. The molecule has 0 aliphatic carbocycles. The number of aryl methyl sites for hydroxylation is 1. The van der Waals surface area contributed by atoms with Gasteiger partial charge in [0.05, 0.1) is 12.8 Å². The number of carbonyl (C=O) groups excluding carboxylic acids is 1. The number of nitrogens with one attached hydrogen (secondary N) is 2. The Bertz CT molecular complexity index is 1110. The van der Waals surface area contributed by atoms with Crippen LogP contribution in [0, 0.1) is 6.92 Å². The topological polar surface area (TPSA) is 84.1 Å². The first-order valence-electron chi connectivity index (χ1n) is 9.82. The molecule has 3 aromatic rings. The maximum absolute atomic E-state index is 12.8. The first-order valence-corrected chi connectivity index (χ1v) is 9.82. The van der Waals surface area contributed by atoms with Crippen molar-refractivity contribution in [2.75, 3.05) is 12.4 Å². The van der Waals surface area contributed by atoms with Gasteiger partial charge in [-0.1, -0.05) is 51.1 Å². The van der Waals surface area contributed by atoms with Gasteiger partial charge < -0.3 is 15.0 Å². The van der Waals surface area contributed by atoms with Crippen LogP contribution in [0.15, 0.2) is 53.3 Å². The summed E-state index contributed by atoms with van der Waals surface area (Å²) in [7, 11) is 1.62. The van der Waals surface area contributed by atoms with E-state index in [9.17, 15) is 9.59 Å². The molecule has 156 valence electrons. The van der Waals surface area contributed by atoms with Crippen molar-refractivity contribution in [2.45, 2.75) is 39.5 Å². The molecule has 0 aliphatic heterocycles. The number of ether oxygens (including phenoxy) is 1. The molecule has 0 radical (unpaired) electrons. The van der Waals surface area contributed by atoms with E-state index in [4.69, 9.17) is 4.74 Å². The molecule has 0 atom stereocenters. The number of anilines is 1. The molecule has 1 amide bonds. The van der Waals surface area contributed by atoms with Crippen molar-refractivity contribution in [3.8, 4) is 5.75 Å². The van der Waals surface area contributed by atoms with Gasteiger partial charge in [-0.3, -0.25) is 9.59 Å². The van der Waals surface area contributed by atoms with Crippen LogP contribution in [0.2, 0.25) is 0 Å². The highest BCUT2D eigenvalue weighted by Crippen LogP contribution is 2.26. The van der Waals surface area contributed by atoms with E-state index in [0.29, 0.717) is 23.6 Å². The molecule has 2 aromatic carbocycles. The summed E-state index contributed by atoms with van der Waals surface area (Å²) in [5.74, 6) is 0.802. The molecule has 0 aliphatic rings. The van der Waals surface area contributed by atoms with Crippen LogP contribution in [-0.2, 0) is 11.8 Å². The Morgan fingerprint density at radius 2 is 1.83 bits per heavy atom. The molecule has 0 saturated carbocycles. The van der Waals surface area contributed by atoms with Crippen LogP contribution in [0.25, 0.3) is 0 Å². The third kappa shape index (κ3) is 4.76. The standard InChI is InChI=1S/C24H27N3O3/c1-15-20(22(29)27-23(25-15)24(2,3)4)21(28)26-18-11-12-19(30-5)17(14-18)13-16-9-7-6-8-10-16/h6-12,14H,13H2,1-5H3,(H,26,28)(H,25,27,29). The number of rotatable bonds is 5. The lowest BCUT2D eigenvalue weighted by Crippen LogP contribution is -2.30. The third-order valence-electron chi connectivity index (χ3n) is 4.81. The lowest BCUT2D eigenvalue weighted by Gasteiger charge is -2.18. The molecule has 0 bridgehead atoms. The van der Waals surface area contributed by atoms with Crippen LogP contribution in [0.4, 0.5) is 5.69 Å². The van der Waals surface area contributed by atoms with Crippen LogP contribution in [-0.4, -0.2) is 23.0 Å². The van der Waals surface area contributed by atoms with Crippen molar-refractivity contribution in [2.24, 2.45) is 0 Å². The van der Waals surface area contributed by atoms with Gasteiger partial charge in [0, 0.05) is 23.1 Å². The number of hydrogen-bond donors (Lipinski definition) is 2. The van der Waals surface area contributed by atoms with Crippen LogP contribution >= 0.6 is 0 Å². The molecule has 6 nitrogen and oxygen atoms in total. The van der Waals surface area contributed by atoms with Crippen molar-refractivity contribution in [1.29, 1.82) is 0 Å². The Balaban J connectivity index is 1.89. The molecule has 1 heterocycles. The minimum absolute atomic E-state index is 0.0171. The SMILES string of the molecule is COc1ccc(NC(=O)c2c(C)nc(C(C)(C)C)[nH]c2=O)cc1Cc1ccccc1. The number of aromatic nitrogens is 2. The number of amides is 1. The third-order valence-corrected chi connectivity index (χ3v) is 4.81. The van der Waals surface area contributed by atoms with Crippen molar-refractivity contribution in [3.63, 3.8) is 0 Å². The highest BCUT2D eigenvalue weighted by Gasteiger charge is 2.22. The van der Waals surface area contributed by atoms with E-state index in [1.165, 1.54) is 0 Å². The maximum Gasteiger partial charge on any atom is 0.264 e. The summed E-state index contributed by atoms with van der Waals surface area (Å²) in [6.45, 7) is 7.54. The summed E-state index contributed by atoms with van der Waals surface area (Å²) in [6.07, 6.45) is 0.662. The predicted molar refractivity (Wildman–Crippen MR) is 118 cm³/mol. The fourth-order valence-electron chi connectivity index (χ4n) is 3.21. The van der Waals surface area contributed by atoms with Gasteiger partial charge in [0.15, 0.2) is 0 Å². The summed E-state index contributed by atoms with van der Waals surface area (Å²) in [6, 6.07) is 15.4. The number of carbonyl (C=O) groups is 1. The summed E-state index contributed by atoms with van der Waals surface area (Å²) in [4.78, 5) is 32.6. The zero-order valence-corrected chi connectivity index (χ0v) is 18.0. The lowest BCUT2D eigenvalue weighted by molar-refractivity contribution is 0.102. The van der Waals surface area contributed by atoms with E-state index in [-0.39, 0.29) is 11.0 Å². The number of H-pyrrole nitrogens is 1. The van der Waals surface area contributed by atoms with E-state index in [1.54, 1.807) is 20.1 Å². The van der Waals surface area contributed by atoms with Crippen molar-refractivity contribution < 1.29 is 9.53 Å². The van der Waals surface area contributed by atoms with Gasteiger partial charge in [-0.05, 0) is 30.7 Å². The molecule has 0 saturated heterocycles. The Labute approximate surface area is 176 Å². The molecule has 30 heavy (non-hydrogen) atoms. The molecule has 6 heteroatoms. The second kappa shape index (κ2) is 8.53. The molecule has 0 unspecified atom stereocenters. The Morgan fingerprint density at radius 3 is 2.43 bits per heavy atom. The Kier molecular flexibility index (Phi) is 6.06. The van der Waals surface area contributed by atoms with Gasteiger partial charge in [-0.2, -0.15) is 0 Å². The summed E-state index contributed by atoms with van der Waals surface area (Å²) in [5.41, 5.74) is 2.32.